The summed E-state index contributed by atoms with van der Waals surface area (Å²) in [6.07, 6.45) is 3.38. The molecule has 3 heterocycles. The highest BCUT2D eigenvalue weighted by molar-refractivity contribution is 5.93. The van der Waals surface area contributed by atoms with Gasteiger partial charge in [0.1, 0.15) is 11.5 Å². The van der Waals surface area contributed by atoms with E-state index in [1.54, 1.807) is 18.5 Å². The quantitative estimate of drug-likeness (QED) is 0.535. The predicted molar refractivity (Wildman–Crippen MR) is 93.8 cm³/mol. The van der Waals surface area contributed by atoms with Crippen LogP contribution in [0.25, 0.3) is 22.3 Å². The van der Waals surface area contributed by atoms with E-state index in [0.29, 0.717) is 17.2 Å². The number of aromatic nitrogens is 5. The Morgan fingerprint density at radius 3 is 2.76 bits per heavy atom. The van der Waals surface area contributed by atoms with Crippen molar-refractivity contribution in [3.63, 3.8) is 0 Å². The molecule has 3 aromatic heterocycles. The van der Waals surface area contributed by atoms with Crippen molar-refractivity contribution in [2.45, 2.75) is 13.0 Å². The van der Waals surface area contributed by atoms with Crippen LogP contribution in [0.15, 0.2) is 54.9 Å². The van der Waals surface area contributed by atoms with Crippen molar-refractivity contribution in [3.05, 3.63) is 66.4 Å². The molecule has 1 atom stereocenters. The SMILES string of the molecule is CC(NC(=O)c1cc(-c2ccncc2)n[nH]1)c1nc2ccccc2[nH]1. The molecule has 4 rings (SSSR count). The molecule has 1 amide bonds. The molecule has 25 heavy (non-hydrogen) atoms. The second-order valence-corrected chi connectivity index (χ2v) is 5.74. The minimum absolute atomic E-state index is 0.235. The van der Waals surface area contributed by atoms with E-state index in [1.807, 2.05) is 43.3 Å². The Labute approximate surface area is 143 Å². The molecule has 0 spiro atoms. The van der Waals surface area contributed by atoms with Gasteiger partial charge >= 0.3 is 0 Å². The summed E-state index contributed by atoms with van der Waals surface area (Å²) in [6, 6.07) is 12.9. The van der Waals surface area contributed by atoms with Gasteiger partial charge in [-0.25, -0.2) is 4.98 Å². The number of carbonyl (C=O) groups excluding carboxylic acids is 1. The van der Waals surface area contributed by atoms with Crippen LogP contribution in [0.2, 0.25) is 0 Å². The maximum atomic E-state index is 12.5. The number of rotatable bonds is 4. The number of fused-ring (bicyclic) bond motifs is 1. The van der Waals surface area contributed by atoms with Crippen LogP contribution < -0.4 is 5.32 Å². The number of para-hydroxylation sites is 2. The molecular formula is C18H16N6O. The van der Waals surface area contributed by atoms with Crippen molar-refractivity contribution in [2.24, 2.45) is 0 Å². The largest absolute Gasteiger partial charge is 0.341 e. The molecule has 7 heteroatoms. The Morgan fingerprint density at radius 2 is 1.96 bits per heavy atom. The molecule has 0 aliphatic carbocycles. The van der Waals surface area contributed by atoms with Gasteiger partial charge in [-0.15, -0.1) is 0 Å². The Hall–Kier alpha value is -3.48. The zero-order chi connectivity index (χ0) is 17.2. The normalized spacial score (nSPS) is 12.2. The van der Waals surface area contributed by atoms with E-state index in [2.05, 4.69) is 30.5 Å². The summed E-state index contributed by atoms with van der Waals surface area (Å²) in [6.45, 7) is 1.88. The molecule has 3 N–H and O–H groups in total. The first-order valence-corrected chi connectivity index (χ1v) is 7.92. The van der Waals surface area contributed by atoms with Gasteiger partial charge in [0.2, 0.25) is 0 Å². The highest BCUT2D eigenvalue weighted by Gasteiger charge is 2.17. The Balaban J connectivity index is 1.51. The number of imidazole rings is 1. The lowest BCUT2D eigenvalue weighted by Gasteiger charge is -2.10. The van der Waals surface area contributed by atoms with Gasteiger partial charge in [0.25, 0.3) is 5.91 Å². The summed E-state index contributed by atoms with van der Waals surface area (Å²) in [4.78, 5) is 24.2. The van der Waals surface area contributed by atoms with Gasteiger partial charge < -0.3 is 10.3 Å². The van der Waals surface area contributed by atoms with Crippen molar-refractivity contribution in [1.29, 1.82) is 0 Å². The van der Waals surface area contributed by atoms with E-state index in [4.69, 9.17) is 0 Å². The monoisotopic (exact) mass is 332 g/mol. The van der Waals surface area contributed by atoms with Crippen LogP contribution in [0, 0.1) is 0 Å². The van der Waals surface area contributed by atoms with Crippen LogP contribution in [-0.2, 0) is 0 Å². The Bertz CT molecular complexity index is 987. The fraction of sp³-hybridized carbons (Fsp3) is 0.111. The van der Waals surface area contributed by atoms with Gasteiger partial charge in [0.05, 0.1) is 22.8 Å². The Morgan fingerprint density at radius 1 is 1.16 bits per heavy atom. The fourth-order valence-electron chi connectivity index (χ4n) is 2.63. The number of H-pyrrole nitrogens is 2. The number of amides is 1. The summed E-state index contributed by atoms with van der Waals surface area (Å²) in [7, 11) is 0. The average Bonchev–Trinajstić information content (AvgIpc) is 3.29. The molecule has 0 bridgehead atoms. The minimum atomic E-state index is -0.257. The van der Waals surface area contributed by atoms with Gasteiger partial charge in [-0.05, 0) is 37.3 Å². The van der Waals surface area contributed by atoms with Gasteiger partial charge in [-0.1, -0.05) is 12.1 Å². The number of hydrogen-bond acceptors (Lipinski definition) is 4. The second-order valence-electron chi connectivity index (χ2n) is 5.74. The second kappa shape index (κ2) is 6.20. The lowest BCUT2D eigenvalue weighted by molar-refractivity contribution is 0.0933. The average molecular weight is 332 g/mol. The number of hydrogen-bond donors (Lipinski definition) is 3. The molecule has 0 aliphatic rings. The van der Waals surface area contributed by atoms with Gasteiger partial charge in [0.15, 0.2) is 0 Å². The van der Waals surface area contributed by atoms with Crippen LogP contribution in [0.3, 0.4) is 0 Å². The predicted octanol–water partition coefficient (Wildman–Crippen LogP) is 2.84. The number of pyridine rings is 1. The highest BCUT2D eigenvalue weighted by atomic mass is 16.2. The molecule has 4 aromatic rings. The first kappa shape index (κ1) is 15.1. The topological polar surface area (TPSA) is 99.3 Å². The molecule has 1 unspecified atom stereocenters. The smallest absolute Gasteiger partial charge is 0.269 e. The molecule has 0 saturated heterocycles. The van der Waals surface area contributed by atoms with Crippen molar-refractivity contribution in [2.75, 3.05) is 0 Å². The summed E-state index contributed by atoms with van der Waals surface area (Å²) >= 11 is 0. The molecule has 7 nitrogen and oxygen atoms in total. The van der Waals surface area contributed by atoms with E-state index in [1.165, 1.54) is 0 Å². The molecule has 1 aromatic carbocycles. The molecular weight excluding hydrogens is 316 g/mol. The van der Waals surface area contributed by atoms with Crippen LogP contribution in [0.4, 0.5) is 0 Å². The van der Waals surface area contributed by atoms with E-state index in [0.717, 1.165) is 16.6 Å². The molecule has 0 radical (unpaired) electrons. The van der Waals surface area contributed by atoms with Crippen molar-refractivity contribution in [1.82, 2.24) is 30.5 Å². The maximum Gasteiger partial charge on any atom is 0.269 e. The van der Waals surface area contributed by atoms with E-state index >= 15 is 0 Å². The first-order chi connectivity index (χ1) is 12.2. The van der Waals surface area contributed by atoms with Crippen LogP contribution in [0.1, 0.15) is 29.3 Å². The Kier molecular flexibility index (Phi) is 3.74. The van der Waals surface area contributed by atoms with E-state index in [9.17, 15) is 4.79 Å². The third-order valence-electron chi connectivity index (χ3n) is 3.96. The third kappa shape index (κ3) is 2.99. The zero-order valence-corrected chi connectivity index (χ0v) is 13.5. The van der Waals surface area contributed by atoms with Gasteiger partial charge in [0, 0.05) is 18.0 Å². The number of benzene rings is 1. The summed E-state index contributed by atoms with van der Waals surface area (Å²) in [5, 5.41) is 9.88. The van der Waals surface area contributed by atoms with E-state index < -0.39 is 0 Å². The maximum absolute atomic E-state index is 12.5. The summed E-state index contributed by atoms with van der Waals surface area (Å²) < 4.78 is 0. The zero-order valence-electron chi connectivity index (χ0n) is 13.5. The first-order valence-electron chi connectivity index (χ1n) is 7.92. The van der Waals surface area contributed by atoms with E-state index in [-0.39, 0.29) is 11.9 Å². The lowest BCUT2D eigenvalue weighted by Crippen LogP contribution is -2.27. The summed E-state index contributed by atoms with van der Waals surface area (Å²) in [5.41, 5.74) is 3.81. The number of carbonyl (C=O) groups is 1. The highest BCUT2D eigenvalue weighted by Crippen LogP contribution is 2.18. The van der Waals surface area contributed by atoms with Gasteiger partial charge in [-0.3, -0.25) is 14.9 Å². The van der Waals surface area contributed by atoms with Crippen molar-refractivity contribution >= 4 is 16.9 Å². The van der Waals surface area contributed by atoms with Crippen molar-refractivity contribution < 1.29 is 4.79 Å². The number of nitrogens with zero attached hydrogens (tertiary/aromatic N) is 3. The van der Waals surface area contributed by atoms with Crippen LogP contribution >= 0.6 is 0 Å². The molecule has 0 saturated carbocycles. The van der Waals surface area contributed by atoms with Crippen LogP contribution in [-0.4, -0.2) is 31.1 Å². The van der Waals surface area contributed by atoms with Crippen LogP contribution in [0.5, 0.6) is 0 Å². The minimum Gasteiger partial charge on any atom is -0.341 e. The fourth-order valence-corrected chi connectivity index (χ4v) is 2.63. The lowest BCUT2D eigenvalue weighted by atomic mass is 10.2. The standard InChI is InChI=1S/C18H16N6O/c1-11(17-21-13-4-2-3-5-14(13)22-17)20-18(25)16-10-15(23-24-16)12-6-8-19-9-7-12/h2-11H,1H3,(H,20,25)(H,21,22)(H,23,24). The number of nitrogens with one attached hydrogen (secondary N) is 3. The summed E-state index contributed by atoms with van der Waals surface area (Å²) in [5.74, 6) is 0.476. The number of aromatic amines is 2. The van der Waals surface area contributed by atoms with Gasteiger partial charge in [-0.2, -0.15) is 5.10 Å². The molecule has 0 fully saturated rings. The molecule has 0 aliphatic heterocycles. The molecule has 124 valence electrons. The van der Waals surface area contributed by atoms with Crippen molar-refractivity contribution in [3.8, 4) is 11.3 Å². The third-order valence-corrected chi connectivity index (χ3v) is 3.96.